The number of rotatable bonds is 10. The minimum Gasteiger partial charge on any atom is -0.544 e. The number of ether oxygens (including phenoxy) is 3. The van der Waals surface area contributed by atoms with Crippen LogP contribution in [-0.2, 0) is 14.9 Å². The molecule has 2 atom stereocenters. The third kappa shape index (κ3) is 5.82. The molecule has 0 aliphatic carbocycles. The summed E-state index contributed by atoms with van der Waals surface area (Å²) < 4.78 is 57.7. The normalized spacial score (nSPS) is 17.8. The third-order valence-corrected chi connectivity index (χ3v) is 14.7. The van der Waals surface area contributed by atoms with Gasteiger partial charge in [0.1, 0.15) is 10.5 Å². The zero-order chi connectivity index (χ0) is 30.1. The average molecular weight is 594 g/mol. The SMILES string of the molecule is CCC(c1ccc(O[Si](C)(C)C(C)(C)C)cc1)(C1CCN(C(=O)c2cc(OC)c(OC)c(OC)c2)C1)S(=O)(=O)O. The van der Waals surface area contributed by atoms with Crippen LogP contribution in [0.3, 0.4) is 0 Å². The molecule has 0 bridgehead atoms. The Morgan fingerprint density at radius 3 is 2.00 bits per heavy atom. The van der Waals surface area contributed by atoms with Crippen LogP contribution >= 0.6 is 0 Å². The number of likely N-dealkylation sites (tertiary alicyclic amines) is 1. The molecule has 1 fully saturated rings. The molecule has 2 aromatic carbocycles. The van der Waals surface area contributed by atoms with E-state index in [9.17, 15) is 17.8 Å². The summed E-state index contributed by atoms with van der Waals surface area (Å²) in [7, 11) is -2.21. The first-order chi connectivity index (χ1) is 18.6. The summed E-state index contributed by atoms with van der Waals surface area (Å²) in [4.78, 5) is 15.1. The van der Waals surface area contributed by atoms with Crippen LogP contribution in [0, 0.1) is 5.92 Å². The van der Waals surface area contributed by atoms with Gasteiger partial charge in [0.05, 0.1) is 21.3 Å². The second-order valence-electron chi connectivity index (χ2n) is 11.8. The molecule has 11 heteroatoms. The highest BCUT2D eigenvalue weighted by Gasteiger charge is 2.52. The molecular weight excluding hydrogens is 550 g/mol. The van der Waals surface area contributed by atoms with Gasteiger partial charge in [0.15, 0.2) is 11.5 Å². The number of hydrogen-bond donors (Lipinski definition) is 1. The Kier molecular flexibility index (Phi) is 9.22. The maximum absolute atomic E-state index is 13.5. The molecule has 0 radical (unpaired) electrons. The summed E-state index contributed by atoms with van der Waals surface area (Å²) in [5.74, 6) is 0.925. The third-order valence-electron chi connectivity index (χ3n) is 8.55. The molecule has 222 valence electrons. The van der Waals surface area contributed by atoms with Crippen LogP contribution in [0.5, 0.6) is 23.0 Å². The van der Waals surface area contributed by atoms with E-state index in [1.807, 2.05) is 0 Å². The van der Waals surface area contributed by atoms with E-state index in [-0.39, 0.29) is 23.9 Å². The summed E-state index contributed by atoms with van der Waals surface area (Å²) in [6.07, 6.45) is 0.553. The van der Waals surface area contributed by atoms with Crippen LogP contribution in [0.25, 0.3) is 0 Å². The van der Waals surface area contributed by atoms with Crippen molar-refractivity contribution in [2.75, 3.05) is 34.4 Å². The summed E-state index contributed by atoms with van der Waals surface area (Å²) in [6.45, 7) is 13.0. The zero-order valence-electron chi connectivity index (χ0n) is 25.0. The van der Waals surface area contributed by atoms with E-state index in [1.165, 1.54) is 21.3 Å². The van der Waals surface area contributed by atoms with Gasteiger partial charge in [0, 0.05) is 24.6 Å². The maximum Gasteiger partial charge on any atom is 0.275 e. The van der Waals surface area contributed by atoms with Gasteiger partial charge in [-0.2, -0.15) is 8.42 Å². The Labute approximate surface area is 239 Å². The van der Waals surface area contributed by atoms with Gasteiger partial charge < -0.3 is 23.5 Å². The van der Waals surface area contributed by atoms with Crippen molar-refractivity contribution in [1.29, 1.82) is 0 Å². The summed E-state index contributed by atoms with van der Waals surface area (Å²) in [6, 6.07) is 10.2. The molecule has 1 aliphatic rings. The van der Waals surface area contributed by atoms with E-state index < -0.39 is 29.1 Å². The molecule has 40 heavy (non-hydrogen) atoms. The van der Waals surface area contributed by atoms with E-state index in [4.69, 9.17) is 18.6 Å². The summed E-state index contributed by atoms with van der Waals surface area (Å²) in [5, 5.41) is 0.00501. The Morgan fingerprint density at radius 2 is 1.57 bits per heavy atom. The number of carbonyl (C=O) groups is 1. The predicted octanol–water partition coefficient (Wildman–Crippen LogP) is 5.75. The van der Waals surface area contributed by atoms with Crippen molar-refractivity contribution in [3.8, 4) is 23.0 Å². The topological polar surface area (TPSA) is 112 Å². The number of hydrogen-bond acceptors (Lipinski definition) is 7. The minimum atomic E-state index is -4.56. The Bertz CT molecular complexity index is 1300. The van der Waals surface area contributed by atoms with Gasteiger partial charge in [-0.1, -0.05) is 39.8 Å². The van der Waals surface area contributed by atoms with Crippen LogP contribution in [0.2, 0.25) is 18.1 Å². The standard InChI is InChI=1S/C29H43NO8SSi/c1-10-29(39(32,33)34,21-11-13-23(14-12-21)38-40(8,9)28(2,3)4)22-15-16-30(19-22)27(31)20-17-24(35-5)26(37-7)25(18-20)36-6/h11-14,17-18,22H,10,15-16,19H2,1-9H3,(H,32,33,34). The van der Waals surface area contributed by atoms with E-state index in [0.29, 0.717) is 47.1 Å². The maximum atomic E-state index is 13.5. The molecule has 2 aromatic rings. The van der Waals surface area contributed by atoms with E-state index in [2.05, 4.69) is 33.9 Å². The van der Waals surface area contributed by atoms with Gasteiger partial charge in [-0.25, -0.2) is 0 Å². The molecule has 1 heterocycles. The molecule has 0 aromatic heterocycles. The number of benzene rings is 2. The van der Waals surface area contributed by atoms with Crippen LogP contribution in [-0.4, -0.2) is 66.5 Å². The Balaban J connectivity index is 1.94. The lowest BCUT2D eigenvalue weighted by atomic mass is 9.82. The number of carbonyl (C=O) groups excluding carboxylic acids is 1. The molecule has 0 spiro atoms. The van der Waals surface area contributed by atoms with Gasteiger partial charge in [-0.3, -0.25) is 9.35 Å². The van der Waals surface area contributed by atoms with Gasteiger partial charge in [-0.15, -0.1) is 0 Å². The first-order valence-corrected chi connectivity index (χ1v) is 17.8. The molecule has 1 aliphatic heterocycles. The highest BCUT2D eigenvalue weighted by atomic mass is 32.2. The zero-order valence-corrected chi connectivity index (χ0v) is 26.8. The molecular formula is C29H43NO8SSi. The van der Waals surface area contributed by atoms with E-state index in [1.54, 1.807) is 48.2 Å². The van der Waals surface area contributed by atoms with Crippen LogP contribution in [0.4, 0.5) is 0 Å². The fraction of sp³-hybridized carbons (Fsp3) is 0.552. The van der Waals surface area contributed by atoms with Crippen molar-refractivity contribution in [2.45, 2.75) is 63.4 Å². The molecule has 2 unspecified atom stereocenters. The molecule has 1 N–H and O–H groups in total. The van der Waals surface area contributed by atoms with Crippen molar-refractivity contribution in [3.63, 3.8) is 0 Å². The fourth-order valence-corrected chi connectivity index (χ4v) is 7.68. The monoisotopic (exact) mass is 593 g/mol. The largest absolute Gasteiger partial charge is 0.544 e. The van der Waals surface area contributed by atoms with Crippen molar-refractivity contribution in [3.05, 3.63) is 47.5 Å². The fourth-order valence-electron chi connectivity index (χ4n) is 5.24. The van der Waals surface area contributed by atoms with Gasteiger partial charge in [0.2, 0.25) is 14.1 Å². The van der Waals surface area contributed by atoms with E-state index >= 15 is 0 Å². The Hall–Kier alpha value is -2.76. The lowest BCUT2D eigenvalue weighted by Gasteiger charge is -2.37. The van der Waals surface area contributed by atoms with Crippen LogP contribution in [0.1, 0.15) is 56.5 Å². The van der Waals surface area contributed by atoms with Crippen molar-refractivity contribution in [2.24, 2.45) is 5.92 Å². The van der Waals surface area contributed by atoms with Gasteiger partial charge in [0.25, 0.3) is 16.0 Å². The highest BCUT2D eigenvalue weighted by molar-refractivity contribution is 7.86. The number of nitrogens with zero attached hydrogens (tertiary/aromatic N) is 1. The molecule has 0 saturated carbocycles. The average Bonchev–Trinajstić information content (AvgIpc) is 3.37. The lowest BCUT2D eigenvalue weighted by Crippen LogP contribution is -2.44. The molecule has 9 nitrogen and oxygen atoms in total. The second kappa shape index (κ2) is 11.6. The van der Waals surface area contributed by atoms with Crippen molar-refractivity contribution in [1.82, 2.24) is 4.90 Å². The minimum absolute atomic E-state index is 0.00501. The van der Waals surface area contributed by atoms with Crippen LogP contribution in [0.15, 0.2) is 36.4 Å². The second-order valence-corrected chi connectivity index (χ2v) is 18.2. The van der Waals surface area contributed by atoms with Gasteiger partial charge in [-0.05, 0) is 60.8 Å². The van der Waals surface area contributed by atoms with Crippen LogP contribution < -0.4 is 18.6 Å². The lowest BCUT2D eigenvalue weighted by molar-refractivity contribution is 0.0781. The molecule has 3 rings (SSSR count). The summed E-state index contributed by atoms with van der Waals surface area (Å²) >= 11 is 0. The smallest absolute Gasteiger partial charge is 0.275 e. The summed E-state index contributed by atoms with van der Waals surface area (Å²) in [5.41, 5.74) is 0.809. The number of methoxy groups -OCH3 is 3. The van der Waals surface area contributed by atoms with Gasteiger partial charge >= 0.3 is 0 Å². The van der Waals surface area contributed by atoms with E-state index in [0.717, 1.165) is 0 Å². The van der Waals surface area contributed by atoms with Crippen molar-refractivity contribution >= 4 is 24.3 Å². The first-order valence-electron chi connectivity index (χ1n) is 13.4. The highest BCUT2D eigenvalue weighted by Crippen LogP contribution is 2.46. The molecule has 1 saturated heterocycles. The van der Waals surface area contributed by atoms with Crippen molar-refractivity contribution < 1.29 is 36.4 Å². The molecule has 1 amide bonds. The number of amides is 1. The Morgan fingerprint density at radius 1 is 1.02 bits per heavy atom. The first kappa shape index (κ1) is 31.8. The quantitative estimate of drug-likeness (QED) is 0.274. The predicted molar refractivity (Wildman–Crippen MR) is 158 cm³/mol.